The van der Waals surface area contributed by atoms with Gasteiger partial charge in [0, 0.05) is 26.7 Å². The van der Waals surface area contributed by atoms with Crippen LogP contribution in [0, 0.1) is 0 Å². The molecular formula is C18H32IN5O3S. The SMILES string of the molecule is CCNC(=NCc1ccc(S(=O)(=O)NC)cc1)N(C)CC(=O)N(CC)CC.I. The van der Waals surface area contributed by atoms with Gasteiger partial charge in [-0.05, 0) is 45.5 Å². The van der Waals surface area contributed by atoms with Crippen molar-refractivity contribution in [2.24, 2.45) is 4.99 Å². The molecule has 160 valence electrons. The van der Waals surface area contributed by atoms with Crippen LogP contribution in [0.2, 0.25) is 0 Å². The van der Waals surface area contributed by atoms with Gasteiger partial charge in [-0.2, -0.15) is 0 Å². The summed E-state index contributed by atoms with van der Waals surface area (Å²) in [7, 11) is -0.238. The van der Waals surface area contributed by atoms with E-state index in [2.05, 4.69) is 15.0 Å². The second-order valence-corrected chi connectivity index (χ2v) is 7.83. The van der Waals surface area contributed by atoms with E-state index in [0.717, 1.165) is 5.56 Å². The number of sulfonamides is 1. The Morgan fingerprint density at radius 3 is 2.14 bits per heavy atom. The smallest absolute Gasteiger partial charge is 0.242 e. The van der Waals surface area contributed by atoms with Crippen molar-refractivity contribution in [3.05, 3.63) is 29.8 Å². The number of hydrogen-bond acceptors (Lipinski definition) is 4. The lowest BCUT2D eigenvalue weighted by Gasteiger charge is -2.25. The van der Waals surface area contributed by atoms with Crippen molar-refractivity contribution in [2.75, 3.05) is 40.3 Å². The third-order valence-electron chi connectivity index (χ3n) is 4.10. The van der Waals surface area contributed by atoms with Gasteiger partial charge in [0.1, 0.15) is 0 Å². The second-order valence-electron chi connectivity index (χ2n) is 5.94. The Labute approximate surface area is 185 Å². The van der Waals surface area contributed by atoms with Crippen LogP contribution in [0.3, 0.4) is 0 Å². The molecule has 1 amide bonds. The third-order valence-corrected chi connectivity index (χ3v) is 5.53. The zero-order valence-electron chi connectivity index (χ0n) is 17.2. The number of halogens is 1. The maximum Gasteiger partial charge on any atom is 0.242 e. The largest absolute Gasteiger partial charge is 0.357 e. The summed E-state index contributed by atoms with van der Waals surface area (Å²) < 4.78 is 25.8. The van der Waals surface area contributed by atoms with Crippen LogP contribution in [-0.2, 0) is 21.4 Å². The van der Waals surface area contributed by atoms with Gasteiger partial charge in [-0.1, -0.05) is 12.1 Å². The number of nitrogens with zero attached hydrogens (tertiary/aromatic N) is 3. The molecule has 0 aliphatic heterocycles. The zero-order chi connectivity index (χ0) is 20.4. The Morgan fingerprint density at radius 1 is 1.11 bits per heavy atom. The molecule has 8 nitrogen and oxygen atoms in total. The molecule has 1 aromatic carbocycles. The summed E-state index contributed by atoms with van der Waals surface area (Å²) in [5.41, 5.74) is 0.879. The van der Waals surface area contributed by atoms with Crippen LogP contribution in [0.5, 0.6) is 0 Å². The number of nitrogens with one attached hydrogen (secondary N) is 2. The van der Waals surface area contributed by atoms with Gasteiger partial charge in [0.15, 0.2) is 5.96 Å². The van der Waals surface area contributed by atoms with E-state index in [1.54, 1.807) is 34.1 Å². The lowest BCUT2D eigenvalue weighted by molar-refractivity contribution is -0.131. The molecule has 0 fully saturated rings. The standard InChI is InChI=1S/C18H31N5O3S.HI/c1-6-20-18(22(5)14-17(24)23(7-2)8-3)21-13-15-9-11-16(12-10-15)27(25,26)19-4;/h9-12,19H,6-8,13-14H2,1-5H3,(H,20,21);1H. The summed E-state index contributed by atoms with van der Waals surface area (Å²) in [6.07, 6.45) is 0. The molecule has 0 aromatic heterocycles. The third kappa shape index (κ3) is 7.92. The highest BCUT2D eigenvalue weighted by Crippen LogP contribution is 2.11. The van der Waals surface area contributed by atoms with Gasteiger partial charge >= 0.3 is 0 Å². The first-order valence-corrected chi connectivity index (χ1v) is 10.6. The Balaban J connectivity index is 0.00000729. The fourth-order valence-electron chi connectivity index (χ4n) is 2.48. The normalized spacial score (nSPS) is 11.5. The van der Waals surface area contributed by atoms with E-state index in [-0.39, 0.29) is 41.3 Å². The minimum Gasteiger partial charge on any atom is -0.357 e. The summed E-state index contributed by atoms with van der Waals surface area (Å²) in [5.74, 6) is 0.680. The van der Waals surface area contributed by atoms with Gasteiger partial charge in [0.2, 0.25) is 15.9 Å². The maximum absolute atomic E-state index is 12.3. The Morgan fingerprint density at radius 2 is 1.68 bits per heavy atom. The van der Waals surface area contributed by atoms with Crippen molar-refractivity contribution in [1.82, 2.24) is 19.8 Å². The van der Waals surface area contributed by atoms with Crippen molar-refractivity contribution in [2.45, 2.75) is 32.2 Å². The minimum absolute atomic E-state index is 0. The maximum atomic E-state index is 12.3. The number of benzene rings is 1. The number of carbonyl (C=O) groups excluding carboxylic acids is 1. The first kappa shape index (κ1) is 26.6. The molecule has 1 rings (SSSR count). The molecule has 0 saturated heterocycles. The number of carbonyl (C=O) groups is 1. The number of rotatable bonds is 9. The number of guanidine groups is 1. The molecule has 0 atom stereocenters. The van der Waals surface area contributed by atoms with Crippen molar-refractivity contribution in [1.29, 1.82) is 0 Å². The van der Waals surface area contributed by atoms with E-state index in [1.807, 2.05) is 27.8 Å². The van der Waals surface area contributed by atoms with E-state index in [9.17, 15) is 13.2 Å². The molecule has 0 unspecified atom stereocenters. The van der Waals surface area contributed by atoms with E-state index >= 15 is 0 Å². The molecule has 1 aromatic rings. The number of likely N-dealkylation sites (N-methyl/N-ethyl adjacent to an activating group) is 2. The van der Waals surface area contributed by atoms with Crippen molar-refractivity contribution in [3.8, 4) is 0 Å². The van der Waals surface area contributed by atoms with Crippen molar-refractivity contribution in [3.63, 3.8) is 0 Å². The number of hydrogen-bond donors (Lipinski definition) is 2. The number of aliphatic imine (C=N–C) groups is 1. The summed E-state index contributed by atoms with van der Waals surface area (Å²) in [4.78, 5) is 20.6. The Hall–Kier alpha value is -1.40. The fourth-order valence-corrected chi connectivity index (χ4v) is 3.21. The second kappa shape index (κ2) is 12.9. The van der Waals surface area contributed by atoms with E-state index < -0.39 is 10.0 Å². The van der Waals surface area contributed by atoms with Gasteiger partial charge in [-0.15, -0.1) is 24.0 Å². The van der Waals surface area contributed by atoms with Crippen LogP contribution in [-0.4, -0.2) is 70.4 Å². The molecule has 2 N–H and O–H groups in total. The van der Waals surface area contributed by atoms with Gasteiger partial charge in [0.25, 0.3) is 0 Å². The average Bonchev–Trinajstić information content (AvgIpc) is 2.66. The molecule has 0 bridgehead atoms. The quantitative estimate of drug-likeness (QED) is 0.290. The summed E-state index contributed by atoms with van der Waals surface area (Å²) >= 11 is 0. The molecular weight excluding hydrogens is 493 g/mol. The van der Waals surface area contributed by atoms with E-state index in [4.69, 9.17) is 0 Å². The fraction of sp³-hybridized carbons (Fsp3) is 0.556. The van der Waals surface area contributed by atoms with Gasteiger partial charge in [-0.25, -0.2) is 18.1 Å². The average molecular weight is 525 g/mol. The molecule has 0 aliphatic rings. The van der Waals surface area contributed by atoms with E-state index in [1.165, 1.54) is 7.05 Å². The van der Waals surface area contributed by atoms with Gasteiger partial charge < -0.3 is 15.1 Å². The first-order valence-electron chi connectivity index (χ1n) is 9.08. The van der Waals surface area contributed by atoms with Crippen molar-refractivity contribution >= 4 is 45.9 Å². The molecule has 0 spiro atoms. The van der Waals surface area contributed by atoms with Crippen molar-refractivity contribution < 1.29 is 13.2 Å². The number of amides is 1. The molecule has 10 heteroatoms. The van der Waals surface area contributed by atoms with Crippen LogP contribution >= 0.6 is 24.0 Å². The highest BCUT2D eigenvalue weighted by molar-refractivity contribution is 14.0. The van der Waals surface area contributed by atoms with Crippen LogP contribution in [0.25, 0.3) is 0 Å². The van der Waals surface area contributed by atoms with Crippen LogP contribution < -0.4 is 10.0 Å². The predicted molar refractivity (Wildman–Crippen MR) is 123 cm³/mol. The molecule has 0 aliphatic carbocycles. The highest BCUT2D eigenvalue weighted by atomic mass is 127. The topological polar surface area (TPSA) is 94.1 Å². The molecule has 0 radical (unpaired) electrons. The van der Waals surface area contributed by atoms with Crippen LogP contribution in [0.15, 0.2) is 34.2 Å². The predicted octanol–water partition coefficient (Wildman–Crippen LogP) is 1.48. The Bertz CT molecular complexity index is 734. The Kier molecular flexibility index (Phi) is 12.3. The summed E-state index contributed by atoms with van der Waals surface area (Å²) in [5, 5.41) is 3.18. The highest BCUT2D eigenvalue weighted by Gasteiger charge is 2.15. The summed E-state index contributed by atoms with van der Waals surface area (Å²) in [6, 6.07) is 6.57. The summed E-state index contributed by atoms with van der Waals surface area (Å²) in [6.45, 7) is 8.54. The first-order chi connectivity index (χ1) is 12.8. The van der Waals surface area contributed by atoms with Gasteiger partial charge in [0.05, 0.1) is 18.0 Å². The molecule has 0 heterocycles. The lowest BCUT2D eigenvalue weighted by atomic mass is 10.2. The van der Waals surface area contributed by atoms with Crippen LogP contribution in [0.4, 0.5) is 0 Å². The molecule has 0 saturated carbocycles. The molecule has 28 heavy (non-hydrogen) atoms. The van der Waals surface area contributed by atoms with Gasteiger partial charge in [-0.3, -0.25) is 4.79 Å². The zero-order valence-corrected chi connectivity index (χ0v) is 20.4. The monoisotopic (exact) mass is 525 g/mol. The lowest BCUT2D eigenvalue weighted by Crippen LogP contribution is -2.45. The van der Waals surface area contributed by atoms with E-state index in [0.29, 0.717) is 32.1 Å². The minimum atomic E-state index is -3.44. The van der Waals surface area contributed by atoms with Crippen LogP contribution in [0.1, 0.15) is 26.3 Å².